The lowest BCUT2D eigenvalue weighted by Gasteiger charge is -2.24. The molecule has 1 unspecified atom stereocenters. The van der Waals surface area contributed by atoms with Crippen LogP contribution >= 0.6 is 11.6 Å². The number of sulfone groups is 1. The quantitative estimate of drug-likeness (QED) is 0.369. The number of primary sulfonamides is 1. The molecule has 1 saturated heterocycles. The molecule has 1 fully saturated rings. The van der Waals surface area contributed by atoms with Gasteiger partial charge in [-0.2, -0.15) is 0 Å². The van der Waals surface area contributed by atoms with Gasteiger partial charge in [0.1, 0.15) is 5.37 Å². The zero-order valence-electron chi connectivity index (χ0n) is 17.4. The van der Waals surface area contributed by atoms with Crippen molar-refractivity contribution in [3.8, 4) is 0 Å². The van der Waals surface area contributed by atoms with Gasteiger partial charge in [0.05, 0.1) is 40.6 Å². The first-order valence-corrected chi connectivity index (χ1v) is 13.3. The van der Waals surface area contributed by atoms with Crippen LogP contribution in [-0.4, -0.2) is 58.0 Å². The fourth-order valence-electron chi connectivity index (χ4n) is 3.44. The monoisotopic (exact) mass is 526 g/mol. The zero-order chi connectivity index (χ0) is 24.7. The number of pyridine rings is 1. The second kappa shape index (κ2) is 9.09. The highest BCUT2D eigenvalue weighted by Crippen LogP contribution is 2.33. The Labute approximate surface area is 199 Å². The number of carboxylic acid groups (broad SMARTS) is 1. The number of nitrogens with one attached hydrogen (secondary N) is 2. The third-order valence-corrected chi connectivity index (χ3v) is 8.11. The van der Waals surface area contributed by atoms with Crippen molar-refractivity contribution in [2.24, 2.45) is 5.14 Å². The second-order valence-corrected chi connectivity index (χ2v) is 11.5. The highest BCUT2D eigenvalue weighted by Gasteiger charge is 2.31. The van der Waals surface area contributed by atoms with E-state index in [0.29, 0.717) is 29.1 Å². The maximum atomic E-state index is 13.2. The van der Waals surface area contributed by atoms with Crippen LogP contribution in [0.4, 0.5) is 11.4 Å². The van der Waals surface area contributed by atoms with E-state index in [4.69, 9.17) is 21.5 Å². The molecule has 3 aromatic rings. The second-order valence-electron chi connectivity index (χ2n) is 7.41. The van der Waals surface area contributed by atoms with Crippen LogP contribution in [0.25, 0.3) is 10.9 Å². The van der Waals surface area contributed by atoms with Gasteiger partial charge in [0.25, 0.3) is 0 Å². The van der Waals surface area contributed by atoms with E-state index in [-0.39, 0.29) is 33.5 Å². The molecule has 1 atom stereocenters. The van der Waals surface area contributed by atoms with Crippen molar-refractivity contribution < 1.29 is 31.5 Å². The number of halogens is 1. The summed E-state index contributed by atoms with van der Waals surface area (Å²) in [6.45, 7) is 0.690. The van der Waals surface area contributed by atoms with Crippen molar-refractivity contribution in [2.45, 2.75) is 15.3 Å². The molecule has 4 rings (SSSR count). The van der Waals surface area contributed by atoms with Gasteiger partial charge in [-0.05, 0) is 42.5 Å². The normalized spacial score (nSPS) is 16.9. The van der Waals surface area contributed by atoms with Crippen LogP contribution in [0.3, 0.4) is 0 Å². The van der Waals surface area contributed by atoms with Gasteiger partial charge < -0.3 is 15.2 Å². The molecule has 11 nitrogen and oxygen atoms in total. The Morgan fingerprint density at radius 2 is 1.91 bits per heavy atom. The van der Waals surface area contributed by atoms with Crippen molar-refractivity contribution in [3.05, 3.63) is 53.1 Å². The number of hydrogen-bond acceptors (Lipinski definition) is 9. The Morgan fingerprint density at radius 1 is 1.15 bits per heavy atom. The van der Waals surface area contributed by atoms with Crippen LogP contribution in [0.1, 0.15) is 10.4 Å². The standard InChI is InChI=1S/C20H19ClN4O7S2/c21-11-1-3-15-13(7-11)17(9-18(25-15)33(28,29)19-10-32-6-5-23-19)24-16-4-2-12(34(22,30)31)8-14(16)20(26)27/h1-4,7-9,19,23H,5-6,10H2,(H,24,25)(H,26,27)(H2,22,30,31). The van der Waals surface area contributed by atoms with Gasteiger partial charge in [0.15, 0.2) is 5.03 Å². The fraction of sp³-hybridized carbons (Fsp3) is 0.200. The predicted octanol–water partition coefficient (Wildman–Crippen LogP) is 1.70. The van der Waals surface area contributed by atoms with Gasteiger partial charge in [0.2, 0.25) is 19.9 Å². The lowest BCUT2D eigenvalue weighted by molar-refractivity contribution is 0.0697. The fourth-order valence-corrected chi connectivity index (χ4v) is 5.56. The number of morpholine rings is 1. The number of benzene rings is 2. The molecule has 2 aromatic carbocycles. The number of nitrogens with two attached hydrogens (primary N) is 1. The van der Waals surface area contributed by atoms with E-state index in [1.165, 1.54) is 18.2 Å². The van der Waals surface area contributed by atoms with E-state index in [1.54, 1.807) is 12.1 Å². The van der Waals surface area contributed by atoms with E-state index < -0.39 is 31.2 Å². The molecule has 5 N–H and O–H groups in total. The average Bonchev–Trinajstić information content (AvgIpc) is 2.79. The van der Waals surface area contributed by atoms with Crippen molar-refractivity contribution in [2.75, 3.05) is 25.1 Å². The molecule has 0 bridgehead atoms. The van der Waals surface area contributed by atoms with Crippen molar-refractivity contribution in [1.82, 2.24) is 10.3 Å². The third-order valence-electron chi connectivity index (χ3n) is 5.12. The summed E-state index contributed by atoms with van der Waals surface area (Å²) in [5, 5.41) is 20.0. The van der Waals surface area contributed by atoms with Gasteiger partial charge in [-0.25, -0.2) is 31.8 Å². The number of hydrogen-bond donors (Lipinski definition) is 4. The number of ether oxygens (including phenoxy) is 1. The van der Waals surface area contributed by atoms with E-state index in [1.807, 2.05) is 0 Å². The molecule has 1 aliphatic rings. The summed E-state index contributed by atoms with van der Waals surface area (Å²) in [7, 11) is -8.11. The minimum atomic E-state index is -4.14. The number of anilines is 2. The van der Waals surface area contributed by atoms with Gasteiger partial charge >= 0.3 is 5.97 Å². The van der Waals surface area contributed by atoms with Crippen LogP contribution in [0.5, 0.6) is 0 Å². The Bertz CT molecular complexity index is 1500. The Kier molecular flexibility index (Phi) is 6.50. The summed E-state index contributed by atoms with van der Waals surface area (Å²) >= 11 is 6.12. The van der Waals surface area contributed by atoms with Crippen LogP contribution in [0.15, 0.2) is 52.4 Å². The number of fused-ring (bicyclic) bond motifs is 1. The summed E-state index contributed by atoms with van der Waals surface area (Å²) in [4.78, 5) is 15.7. The number of aromatic carboxylic acids is 1. The van der Waals surface area contributed by atoms with E-state index in [0.717, 1.165) is 12.1 Å². The molecule has 0 radical (unpaired) electrons. The van der Waals surface area contributed by atoms with Crippen LogP contribution < -0.4 is 15.8 Å². The molecular formula is C20H19ClN4O7S2. The smallest absolute Gasteiger partial charge is 0.337 e. The number of sulfonamides is 1. The van der Waals surface area contributed by atoms with Gasteiger partial charge in [0, 0.05) is 17.0 Å². The third kappa shape index (κ3) is 4.85. The summed E-state index contributed by atoms with van der Waals surface area (Å²) in [5.41, 5.74) is 0.122. The highest BCUT2D eigenvalue weighted by atomic mass is 35.5. The topological polar surface area (TPSA) is 178 Å². The predicted molar refractivity (Wildman–Crippen MR) is 125 cm³/mol. The van der Waals surface area contributed by atoms with Crippen LogP contribution in [0.2, 0.25) is 5.02 Å². The van der Waals surface area contributed by atoms with Crippen LogP contribution in [-0.2, 0) is 24.6 Å². The van der Waals surface area contributed by atoms with E-state index >= 15 is 0 Å². The Balaban J connectivity index is 1.87. The molecule has 0 amide bonds. The minimum absolute atomic E-state index is 0.00912. The summed E-state index contributed by atoms with van der Waals surface area (Å²) < 4.78 is 55.0. The average molecular weight is 527 g/mol. The SMILES string of the molecule is NS(=O)(=O)c1ccc(Nc2cc(S(=O)(=O)C3COCCN3)nc3ccc(Cl)cc23)c(C(=O)O)c1. The van der Waals surface area contributed by atoms with Crippen molar-refractivity contribution in [3.63, 3.8) is 0 Å². The first-order valence-electron chi connectivity index (χ1n) is 9.79. The maximum absolute atomic E-state index is 13.2. The highest BCUT2D eigenvalue weighted by molar-refractivity contribution is 7.92. The molecular weight excluding hydrogens is 508 g/mol. The first kappa shape index (κ1) is 24.3. The first-order chi connectivity index (χ1) is 16.0. The lowest BCUT2D eigenvalue weighted by Crippen LogP contribution is -2.46. The molecule has 2 heterocycles. The number of nitrogens with zero attached hydrogens (tertiary/aromatic N) is 1. The van der Waals surface area contributed by atoms with Crippen LogP contribution in [0, 0.1) is 0 Å². The van der Waals surface area contributed by atoms with E-state index in [2.05, 4.69) is 15.6 Å². The van der Waals surface area contributed by atoms with Crippen molar-refractivity contribution in [1.29, 1.82) is 0 Å². The number of aromatic nitrogens is 1. The number of carbonyl (C=O) groups is 1. The maximum Gasteiger partial charge on any atom is 0.337 e. The number of rotatable bonds is 6. The van der Waals surface area contributed by atoms with Gasteiger partial charge in [-0.15, -0.1) is 0 Å². The zero-order valence-corrected chi connectivity index (χ0v) is 19.7. The molecule has 1 aliphatic heterocycles. The minimum Gasteiger partial charge on any atom is -0.478 e. The molecule has 0 aliphatic carbocycles. The summed E-state index contributed by atoms with van der Waals surface area (Å²) in [6.07, 6.45) is 0. The number of carboxylic acids is 1. The largest absolute Gasteiger partial charge is 0.478 e. The molecule has 0 spiro atoms. The van der Waals surface area contributed by atoms with Crippen molar-refractivity contribution >= 4 is 59.7 Å². The van der Waals surface area contributed by atoms with Gasteiger partial charge in [-0.1, -0.05) is 11.6 Å². The molecule has 34 heavy (non-hydrogen) atoms. The lowest BCUT2D eigenvalue weighted by atomic mass is 10.1. The molecule has 180 valence electrons. The summed E-state index contributed by atoms with van der Waals surface area (Å²) in [5.74, 6) is -1.42. The molecule has 0 saturated carbocycles. The Morgan fingerprint density at radius 3 is 2.56 bits per heavy atom. The van der Waals surface area contributed by atoms with E-state index in [9.17, 15) is 26.7 Å². The van der Waals surface area contributed by atoms with Gasteiger partial charge in [-0.3, -0.25) is 5.32 Å². The molecule has 1 aromatic heterocycles. The Hall–Kier alpha value is -2.81. The molecule has 14 heteroatoms. The summed E-state index contributed by atoms with van der Waals surface area (Å²) in [6, 6.07) is 9.17.